The quantitative estimate of drug-likeness (QED) is 0.0731. The minimum Gasteiger partial charge on any atom is -0.479 e. The lowest BCUT2D eigenvalue weighted by Crippen LogP contribution is -2.46. The highest BCUT2D eigenvalue weighted by molar-refractivity contribution is 7.93. The average Bonchev–Trinajstić information content (AvgIpc) is 3.08. The summed E-state index contributed by atoms with van der Waals surface area (Å²) in [6.45, 7) is 6.72. The number of esters is 2. The Bertz CT molecular complexity index is 1910. The number of carboxylic acids is 1. The van der Waals surface area contributed by atoms with Gasteiger partial charge < -0.3 is 24.1 Å². The summed E-state index contributed by atoms with van der Waals surface area (Å²) in [5.41, 5.74) is -0.241. The molecule has 286 valence electrons. The van der Waals surface area contributed by atoms with Crippen molar-refractivity contribution in [3.05, 3.63) is 104 Å². The van der Waals surface area contributed by atoms with E-state index in [0.29, 0.717) is 17.2 Å². The second kappa shape index (κ2) is 18.3. The molecule has 3 aromatic rings. The average molecular weight is 760 g/mol. The van der Waals surface area contributed by atoms with Crippen molar-refractivity contribution in [2.75, 3.05) is 24.1 Å². The van der Waals surface area contributed by atoms with Gasteiger partial charge in [-0.1, -0.05) is 36.4 Å². The van der Waals surface area contributed by atoms with E-state index in [1.165, 1.54) is 6.07 Å². The molecule has 0 radical (unpaired) electrons. The Kier molecular flexibility index (Phi) is 14.5. The van der Waals surface area contributed by atoms with Gasteiger partial charge in [0.25, 0.3) is 21.4 Å². The van der Waals surface area contributed by atoms with Gasteiger partial charge in [-0.25, -0.2) is 22.8 Å². The van der Waals surface area contributed by atoms with Crippen LogP contribution < -0.4 is 4.31 Å². The van der Waals surface area contributed by atoms with Crippen LogP contribution in [0.5, 0.6) is 0 Å². The van der Waals surface area contributed by atoms with Gasteiger partial charge in [-0.15, -0.1) is 0 Å². The first-order valence-corrected chi connectivity index (χ1v) is 17.7. The second-order valence-electron chi connectivity index (χ2n) is 12.8. The van der Waals surface area contributed by atoms with E-state index in [1.807, 2.05) is 0 Å². The molecular weight excluding hydrogens is 718 g/mol. The predicted molar refractivity (Wildman–Crippen MR) is 189 cm³/mol. The number of hydrogen-bond donors (Lipinski definition) is 1. The van der Waals surface area contributed by atoms with Gasteiger partial charge in [-0.05, 0) is 82.3 Å². The van der Waals surface area contributed by atoms with Crippen molar-refractivity contribution in [3.63, 3.8) is 0 Å². The molecule has 0 saturated carbocycles. The number of sulfonamides is 1. The maximum absolute atomic E-state index is 14.0. The fourth-order valence-electron chi connectivity index (χ4n) is 4.84. The van der Waals surface area contributed by atoms with Gasteiger partial charge in [0.05, 0.1) is 21.6 Å². The summed E-state index contributed by atoms with van der Waals surface area (Å²) < 4.78 is 50.4. The molecule has 0 aromatic heterocycles. The molecule has 0 aliphatic rings. The summed E-state index contributed by atoms with van der Waals surface area (Å²) in [7, 11) is -4.69. The third-order valence-corrected chi connectivity index (χ3v) is 9.40. The number of benzene rings is 3. The fraction of sp³-hybridized carbons (Fsp3) is 0.400. The molecular formula is C35H41N3O14S. The van der Waals surface area contributed by atoms with Gasteiger partial charge in [0.2, 0.25) is 0 Å². The number of aryl methyl sites for hydroxylation is 2. The molecule has 0 fully saturated rings. The van der Waals surface area contributed by atoms with Crippen LogP contribution >= 0.6 is 0 Å². The number of nitro benzene ring substituents is 2. The van der Waals surface area contributed by atoms with Crippen LogP contribution in [0, 0.1) is 34.1 Å². The first-order chi connectivity index (χ1) is 24.8. The molecule has 18 heteroatoms. The molecule has 0 aliphatic heterocycles. The molecule has 0 saturated heterocycles. The van der Waals surface area contributed by atoms with Crippen molar-refractivity contribution in [1.29, 1.82) is 0 Å². The van der Waals surface area contributed by atoms with E-state index < -0.39 is 78.5 Å². The minimum absolute atomic E-state index is 0.0230. The molecule has 0 bridgehead atoms. The number of unbranched alkanes of at least 4 members (excludes halogenated alkanes) is 1. The number of nitrogens with zero attached hydrogens (tertiary/aromatic N) is 3. The van der Waals surface area contributed by atoms with Gasteiger partial charge in [-0.3, -0.25) is 24.5 Å². The zero-order valence-corrected chi connectivity index (χ0v) is 30.6. The number of carbonyl (C=O) groups excluding carboxylic acids is 2. The SMILES string of the molecule is Cc1ccc(N(CCCCO[C@@H](C(=O)OCc2ccccc2)[C@@H](OCC(=O)OC(C)(C)C)C(=O)O)S(=O)(=O)c2ccc([N+](=O)[O-])cc2[N+](=O)[O-])cc1C. The molecule has 17 nitrogen and oxygen atoms in total. The molecule has 0 unspecified atom stereocenters. The third-order valence-electron chi connectivity index (χ3n) is 7.52. The van der Waals surface area contributed by atoms with Crippen molar-refractivity contribution in [3.8, 4) is 0 Å². The summed E-state index contributed by atoms with van der Waals surface area (Å²) in [4.78, 5) is 58.2. The number of rotatable bonds is 19. The number of hydrogen-bond acceptors (Lipinski definition) is 13. The summed E-state index contributed by atoms with van der Waals surface area (Å²) in [5.74, 6) is -3.62. The van der Waals surface area contributed by atoms with Crippen molar-refractivity contribution in [1.82, 2.24) is 0 Å². The summed E-state index contributed by atoms with van der Waals surface area (Å²) in [6, 6.07) is 15.5. The molecule has 3 aromatic carbocycles. The number of ether oxygens (including phenoxy) is 4. The standard InChI is InChI=1S/C35H41N3O14S/c1-23-13-14-26(19-24(23)2)36(53(47,48)29-16-15-27(37(43)44)20-28(29)38(45)46)17-9-10-18-49-32(34(42)51-21-25-11-7-6-8-12-25)31(33(40)41)50-22-30(39)52-35(3,4)5/h6-8,11-16,19-20,31-32H,9-10,17-18,21-22H2,1-5H3,(H,40,41)/t31-,32-/m1/s1. The van der Waals surface area contributed by atoms with Crippen LogP contribution in [0.25, 0.3) is 0 Å². The molecule has 0 aliphatic carbocycles. The Labute approximate surface area is 305 Å². The van der Waals surface area contributed by atoms with Gasteiger partial charge in [-0.2, -0.15) is 0 Å². The summed E-state index contributed by atoms with van der Waals surface area (Å²) in [6.07, 6.45) is -3.81. The van der Waals surface area contributed by atoms with Crippen LogP contribution in [-0.4, -0.2) is 78.8 Å². The second-order valence-corrected chi connectivity index (χ2v) is 14.6. The molecule has 53 heavy (non-hydrogen) atoms. The summed E-state index contributed by atoms with van der Waals surface area (Å²) in [5, 5.41) is 33.1. The monoisotopic (exact) mass is 759 g/mol. The molecule has 0 amide bonds. The van der Waals surface area contributed by atoms with Gasteiger partial charge >= 0.3 is 17.9 Å². The molecule has 0 spiro atoms. The van der Waals surface area contributed by atoms with E-state index in [-0.39, 0.29) is 38.3 Å². The van der Waals surface area contributed by atoms with E-state index >= 15 is 0 Å². The first kappa shape index (κ1) is 42.0. The van der Waals surface area contributed by atoms with Crippen LogP contribution in [0.2, 0.25) is 0 Å². The number of carbonyl (C=O) groups is 3. The lowest BCUT2D eigenvalue weighted by molar-refractivity contribution is -0.396. The molecule has 3 rings (SSSR count). The van der Waals surface area contributed by atoms with Crippen LogP contribution in [0.3, 0.4) is 0 Å². The van der Waals surface area contributed by atoms with Crippen LogP contribution in [0.4, 0.5) is 17.1 Å². The smallest absolute Gasteiger partial charge is 0.338 e. The zero-order valence-electron chi connectivity index (χ0n) is 29.8. The van der Waals surface area contributed by atoms with Crippen molar-refractivity contribution in [2.45, 2.75) is 76.8 Å². The normalized spacial score (nSPS) is 12.7. The highest BCUT2D eigenvalue weighted by Crippen LogP contribution is 2.33. The highest BCUT2D eigenvalue weighted by Gasteiger charge is 2.38. The topological polar surface area (TPSA) is 232 Å². The van der Waals surface area contributed by atoms with Crippen molar-refractivity contribution in [2.24, 2.45) is 0 Å². The van der Waals surface area contributed by atoms with Crippen molar-refractivity contribution < 1.29 is 56.7 Å². The van der Waals surface area contributed by atoms with E-state index in [1.54, 1.807) is 77.1 Å². The first-order valence-electron chi connectivity index (χ1n) is 16.2. The maximum atomic E-state index is 14.0. The van der Waals surface area contributed by atoms with E-state index in [0.717, 1.165) is 22.0 Å². The van der Waals surface area contributed by atoms with Gasteiger partial charge in [0.15, 0.2) is 17.1 Å². The van der Waals surface area contributed by atoms with Gasteiger partial charge in [0, 0.05) is 19.2 Å². The minimum atomic E-state index is -4.69. The number of non-ortho nitro benzene ring substituents is 1. The Morgan fingerprint density at radius 2 is 1.55 bits per heavy atom. The Morgan fingerprint density at radius 3 is 2.13 bits per heavy atom. The van der Waals surface area contributed by atoms with Crippen molar-refractivity contribution >= 4 is 45.0 Å². The number of aliphatic carboxylic acids is 1. The fourth-order valence-corrected chi connectivity index (χ4v) is 6.48. The predicted octanol–water partition coefficient (Wildman–Crippen LogP) is 5.04. The Morgan fingerprint density at radius 1 is 0.868 bits per heavy atom. The zero-order chi connectivity index (χ0) is 39.5. The van der Waals surface area contributed by atoms with E-state index in [4.69, 9.17) is 18.9 Å². The Hall–Kier alpha value is -5.46. The van der Waals surface area contributed by atoms with Crippen LogP contribution in [0.1, 0.15) is 50.3 Å². The lowest BCUT2D eigenvalue weighted by Gasteiger charge is -2.26. The lowest BCUT2D eigenvalue weighted by atomic mass is 10.1. The molecule has 1 N–H and O–H groups in total. The van der Waals surface area contributed by atoms with Crippen LogP contribution in [0.15, 0.2) is 71.6 Å². The van der Waals surface area contributed by atoms with E-state index in [9.17, 15) is 48.1 Å². The van der Waals surface area contributed by atoms with Crippen LogP contribution in [-0.2, 0) is 50.0 Å². The van der Waals surface area contributed by atoms with Gasteiger partial charge in [0.1, 0.15) is 18.8 Å². The van der Waals surface area contributed by atoms with E-state index in [2.05, 4.69) is 0 Å². The maximum Gasteiger partial charge on any atom is 0.338 e. The summed E-state index contributed by atoms with van der Waals surface area (Å²) >= 11 is 0. The number of anilines is 1. The highest BCUT2D eigenvalue weighted by atomic mass is 32.2. The number of nitro groups is 2. The number of carboxylic acid groups (broad SMARTS) is 1. The third kappa shape index (κ3) is 12.0. The molecule has 0 heterocycles. The molecule has 2 atom stereocenters. The largest absolute Gasteiger partial charge is 0.479 e. The Balaban J connectivity index is 1.85.